The number of hydrogen-bond acceptors (Lipinski definition) is 2. The molecule has 0 radical (unpaired) electrons. The number of nitrogens with one attached hydrogen (secondary N) is 1. The lowest BCUT2D eigenvalue weighted by Gasteiger charge is -2.21. The molecule has 0 saturated carbocycles. The smallest absolute Gasteiger partial charge is 0.126 e. The van der Waals surface area contributed by atoms with Crippen molar-refractivity contribution in [1.82, 2.24) is 10.3 Å². The van der Waals surface area contributed by atoms with Crippen LogP contribution in [0.2, 0.25) is 5.02 Å². The van der Waals surface area contributed by atoms with Crippen LogP contribution in [0.4, 0.5) is 4.39 Å². The first kappa shape index (κ1) is 15.9. The molecule has 0 saturated heterocycles. The van der Waals surface area contributed by atoms with Gasteiger partial charge < -0.3 is 5.32 Å². The van der Waals surface area contributed by atoms with Gasteiger partial charge in [-0.3, -0.25) is 4.98 Å². The molecular formula is C17H20ClFN2. The van der Waals surface area contributed by atoms with Gasteiger partial charge in [0.15, 0.2) is 0 Å². The molecule has 0 aliphatic carbocycles. The third kappa shape index (κ3) is 4.51. The lowest BCUT2D eigenvalue weighted by atomic mass is 9.91. The van der Waals surface area contributed by atoms with E-state index < -0.39 is 0 Å². The number of halogens is 2. The van der Waals surface area contributed by atoms with Crippen molar-refractivity contribution in [3.8, 4) is 0 Å². The van der Waals surface area contributed by atoms with E-state index in [9.17, 15) is 4.39 Å². The standard InChI is InChI=1S/C17H20ClFN2/c1-12(2)21-10-14(15-5-3-4-6-17(15)19)9-13-7-8-20-11-16(13)18/h3-8,11-12,14,21H,9-10H2,1-2H3. The summed E-state index contributed by atoms with van der Waals surface area (Å²) in [6, 6.07) is 9.18. The van der Waals surface area contributed by atoms with Crippen molar-refractivity contribution in [2.45, 2.75) is 32.2 Å². The van der Waals surface area contributed by atoms with E-state index in [0.29, 0.717) is 24.0 Å². The van der Waals surface area contributed by atoms with Crippen LogP contribution in [0.15, 0.2) is 42.7 Å². The van der Waals surface area contributed by atoms with Gasteiger partial charge in [0.05, 0.1) is 5.02 Å². The highest BCUT2D eigenvalue weighted by Gasteiger charge is 2.17. The maximum absolute atomic E-state index is 14.1. The number of hydrogen-bond donors (Lipinski definition) is 1. The largest absolute Gasteiger partial charge is 0.314 e. The number of benzene rings is 1. The minimum atomic E-state index is -0.168. The highest BCUT2D eigenvalue weighted by Crippen LogP contribution is 2.26. The van der Waals surface area contributed by atoms with Gasteiger partial charge in [-0.2, -0.15) is 0 Å². The number of pyridine rings is 1. The summed E-state index contributed by atoms with van der Waals surface area (Å²) in [5.74, 6) is -0.133. The predicted molar refractivity (Wildman–Crippen MR) is 85.2 cm³/mol. The first-order valence-electron chi connectivity index (χ1n) is 7.14. The molecule has 0 fully saturated rings. The lowest BCUT2D eigenvalue weighted by molar-refractivity contribution is 0.505. The van der Waals surface area contributed by atoms with E-state index in [1.54, 1.807) is 18.5 Å². The molecule has 1 N–H and O–H groups in total. The number of rotatable bonds is 6. The average molecular weight is 307 g/mol. The number of nitrogens with zero attached hydrogens (tertiary/aromatic N) is 1. The van der Waals surface area contributed by atoms with E-state index >= 15 is 0 Å². The zero-order valence-corrected chi connectivity index (χ0v) is 13.1. The fourth-order valence-corrected chi connectivity index (χ4v) is 2.51. The van der Waals surface area contributed by atoms with Crippen molar-refractivity contribution in [2.24, 2.45) is 0 Å². The molecule has 21 heavy (non-hydrogen) atoms. The summed E-state index contributed by atoms with van der Waals surface area (Å²) in [5.41, 5.74) is 1.71. The maximum atomic E-state index is 14.1. The first-order valence-corrected chi connectivity index (χ1v) is 7.52. The van der Waals surface area contributed by atoms with Crippen molar-refractivity contribution >= 4 is 11.6 Å². The van der Waals surface area contributed by atoms with Crippen LogP contribution < -0.4 is 5.32 Å². The normalized spacial score (nSPS) is 12.6. The summed E-state index contributed by atoms with van der Waals surface area (Å²) >= 11 is 6.18. The Labute approximate surface area is 130 Å². The zero-order valence-electron chi connectivity index (χ0n) is 12.3. The van der Waals surface area contributed by atoms with Crippen molar-refractivity contribution in [3.05, 3.63) is 64.7 Å². The van der Waals surface area contributed by atoms with E-state index in [-0.39, 0.29) is 11.7 Å². The van der Waals surface area contributed by atoms with Crippen LogP contribution >= 0.6 is 11.6 Å². The van der Waals surface area contributed by atoms with Gasteiger partial charge in [-0.1, -0.05) is 43.6 Å². The Morgan fingerprint density at radius 1 is 1.24 bits per heavy atom. The van der Waals surface area contributed by atoms with E-state index in [0.717, 1.165) is 11.1 Å². The summed E-state index contributed by atoms with van der Waals surface area (Å²) < 4.78 is 14.1. The second-order valence-electron chi connectivity index (χ2n) is 5.45. The maximum Gasteiger partial charge on any atom is 0.126 e. The van der Waals surface area contributed by atoms with Crippen LogP contribution in [0.3, 0.4) is 0 Å². The molecule has 1 aromatic carbocycles. The minimum absolute atomic E-state index is 0.0356. The van der Waals surface area contributed by atoms with Crippen molar-refractivity contribution in [3.63, 3.8) is 0 Å². The molecule has 112 valence electrons. The van der Waals surface area contributed by atoms with Gasteiger partial charge in [0, 0.05) is 30.9 Å². The fraction of sp³-hybridized carbons (Fsp3) is 0.353. The van der Waals surface area contributed by atoms with E-state index in [4.69, 9.17) is 11.6 Å². The van der Waals surface area contributed by atoms with Gasteiger partial charge in [0.1, 0.15) is 5.82 Å². The summed E-state index contributed by atoms with van der Waals surface area (Å²) in [7, 11) is 0. The Bertz CT molecular complexity index is 587. The van der Waals surface area contributed by atoms with Crippen LogP contribution in [-0.2, 0) is 6.42 Å². The molecule has 2 nitrogen and oxygen atoms in total. The Morgan fingerprint density at radius 3 is 2.67 bits per heavy atom. The number of aromatic nitrogens is 1. The molecule has 0 bridgehead atoms. The van der Waals surface area contributed by atoms with Crippen molar-refractivity contribution in [1.29, 1.82) is 0 Å². The fourth-order valence-electron chi connectivity index (χ4n) is 2.31. The monoisotopic (exact) mass is 306 g/mol. The SMILES string of the molecule is CC(C)NCC(Cc1ccncc1Cl)c1ccccc1F. The van der Waals surface area contributed by atoms with Crippen LogP contribution in [0, 0.1) is 5.82 Å². The molecule has 0 aliphatic rings. The summed E-state index contributed by atoms with van der Waals surface area (Å²) in [6.07, 6.45) is 4.03. The van der Waals surface area contributed by atoms with Crippen LogP contribution in [0.5, 0.6) is 0 Å². The molecule has 0 aliphatic heterocycles. The van der Waals surface area contributed by atoms with Gasteiger partial charge in [-0.15, -0.1) is 0 Å². The van der Waals surface area contributed by atoms with Crippen molar-refractivity contribution < 1.29 is 4.39 Å². The molecular weight excluding hydrogens is 287 g/mol. The molecule has 1 heterocycles. The van der Waals surface area contributed by atoms with Gasteiger partial charge in [-0.25, -0.2) is 4.39 Å². The Hall–Kier alpha value is -1.45. The highest BCUT2D eigenvalue weighted by atomic mass is 35.5. The molecule has 1 unspecified atom stereocenters. The van der Waals surface area contributed by atoms with Gasteiger partial charge in [0.25, 0.3) is 0 Å². The summed E-state index contributed by atoms with van der Waals surface area (Å²) in [4.78, 5) is 4.00. The first-order chi connectivity index (χ1) is 10.1. The molecule has 2 aromatic rings. The second-order valence-corrected chi connectivity index (χ2v) is 5.86. The summed E-state index contributed by atoms with van der Waals surface area (Å²) in [6.45, 7) is 4.87. The highest BCUT2D eigenvalue weighted by molar-refractivity contribution is 6.31. The second kappa shape index (κ2) is 7.53. The van der Waals surface area contributed by atoms with Crippen molar-refractivity contribution in [2.75, 3.05) is 6.54 Å². The predicted octanol–water partition coefficient (Wildman–Crippen LogP) is 4.20. The van der Waals surface area contributed by atoms with Gasteiger partial charge >= 0.3 is 0 Å². The topological polar surface area (TPSA) is 24.9 Å². The molecule has 0 spiro atoms. The zero-order chi connectivity index (χ0) is 15.2. The van der Waals surface area contributed by atoms with E-state index in [2.05, 4.69) is 24.1 Å². The molecule has 0 amide bonds. The van der Waals surface area contributed by atoms with Crippen LogP contribution in [0.25, 0.3) is 0 Å². The van der Waals surface area contributed by atoms with Gasteiger partial charge in [0.2, 0.25) is 0 Å². The average Bonchev–Trinajstić information content (AvgIpc) is 2.46. The van der Waals surface area contributed by atoms with Gasteiger partial charge in [-0.05, 0) is 29.7 Å². The van der Waals surface area contributed by atoms with E-state index in [1.165, 1.54) is 6.07 Å². The third-order valence-electron chi connectivity index (χ3n) is 3.44. The molecule has 1 atom stereocenters. The van der Waals surface area contributed by atoms with E-state index in [1.807, 2.05) is 18.2 Å². The quantitative estimate of drug-likeness (QED) is 0.865. The van der Waals surface area contributed by atoms with Crippen LogP contribution in [-0.4, -0.2) is 17.6 Å². The Morgan fingerprint density at radius 2 is 2.00 bits per heavy atom. The Balaban J connectivity index is 2.24. The Kier molecular flexibility index (Phi) is 5.71. The molecule has 4 heteroatoms. The van der Waals surface area contributed by atoms with Crippen LogP contribution in [0.1, 0.15) is 30.9 Å². The summed E-state index contributed by atoms with van der Waals surface area (Å²) in [5, 5.41) is 4.01. The third-order valence-corrected chi connectivity index (χ3v) is 3.78. The minimum Gasteiger partial charge on any atom is -0.314 e. The molecule has 1 aromatic heterocycles. The molecule has 2 rings (SSSR count). The lowest BCUT2D eigenvalue weighted by Crippen LogP contribution is -2.29.